The molecule has 2 aromatic carbocycles. The van der Waals surface area contributed by atoms with E-state index >= 15 is 0 Å². The van der Waals surface area contributed by atoms with Gasteiger partial charge in [0.15, 0.2) is 6.61 Å². The zero-order valence-electron chi connectivity index (χ0n) is 16.3. The molecule has 3 rings (SSSR count). The van der Waals surface area contributed by atoms with Crippen molar-refractivity contribution in [2.45, 2.75) is 31.9 Å². The second-order valence-electron chi connectivity index (χ2n) is 6.99. The Morgan fingerprint density at radius 2 is 1.73 bits per heavy atom. The van der Waals surface area contributed by atoms with Crippen LogP contribution in [0.1, 0.15) is 36.4 Å². The number of carbonyl (C=O) groups excluding carboxylic acids is 2. The number of esters is 1. The molecule has 2 atom stereocenters. The van der Waals surface area contributed by atoms with Gasteiger partial charge in [-0.05, 0) is 42.0 Å². The second kappa shape index (κ2) is 10.5. The number of nitrogens with one attached hydrogen (secondary N) is 1. The number of hydrogen-bond donors (Lipinski definition) is 1. The second-order valence-corrected chi connectivity index (χ2v) is 6.99. The first-order valence-electron chi connectivity index (χ1n) is 9.72. The van der Waals surface area contributed by atoms with Crippen molar-refractivity contribution in [1.82, 2.24) is 5.32 Å². The van der Waals surface area contributed by atoms with E-state index in [-0.39, 0.29) is 24.7 Å². The zero-order chi connectivity index (χ0) is 21.3. The molecule has 30 heavy (non-hydrogen) atoms. The highest BCUT2D eigenvalue weighted by atomic mass is 19.3. The number of allylic oxidation sites excluding steroid dienone is 2. The molecule has 158 valence electrons. The maximum Gasteiger partial charge on any atom is 0.387 e. The molecule has 0 aliphatic heterocycles. The third-order valence-electron chi connectivity index (χ3n) is 4.78. The van der Waals surface area contributed by atoms with E-state index in [2.05, 4.69) is 10.1 Å². The fourth-order valence-electron chi connectivity index (χ4n) is 3.33. The molecule has 0 bridgehead atoms. The van der Waals surface area contributed by atoms with Crippen LogP contribution in [0.2, 0.25) is 0 Å². The van der Waals surface area contributed by atoms with Gasteiger partial charge in [0.05, 0.1) is 12.5 Å². The van der Waals surface area contributed by atoms with Crippen LogP contribution in [-0.2, 0) is 14.3 Å². The highest BCUT2D eigenvalue weighted by Gasteiger charge is 2.20. The fraction of sp³-hybridized carbons (Fsp3) is 0.304. The van der Waals surface area contributed by atoms with Gasteiger partial charge in [-0.3, -0.25) is 9.59 Å². The van der Waals surface area contributed by atoms with E-state index in [1.54, 1.807) is 12.1 Å². The summed E-state index contributed by atoms with van der Waals surface area (Å²) in [7, 11) is 0. The number of amides is 1. The first kappa shape index (κ1) is 21.5. The van der Waals surface area contributed by atoms with Crippen molar-refractivity contribution in [2.75, 3.05) is 6.61 Å². The van der Waals surface area contributed by atoms with Crippen molar-refractivity contribution in [3.63, 3.8) is 0 Å². The Hall–Kier alpha value is -3.22. The van der Waals surface area contributed by atoms with Gasteiger partial charge >= 0.3 is 12.6 Å². The topological polar surface area (TPSA) is 64.6 Å². The van der Waals surface area contributed by atoms with Crippen LogP contribution in [0.3, 0.4) is 0 Å². The summed E-state index contributed by atoms with van der Waals surface area (Å²) in [6.45, 7) is -3.29. The minimum absolute atomic E-state index is 0.0294. The van der Waals surface area contributed by atoms with Gasteiger partial charge in [0, 0.05) is 0 Å². The van der Waals surface area contributed by atoms with Gasteiger partial charge in [0.2, 0.25) is 0 Å². The van der Waals surface area contributed by atoms with Crippen LogP contribution in [0.5, 0.6) is 5.75 Å². The van der Waals surface area contributed by atoms with Crippen LogP contribution < -0.4 is 10.1 Å². The summed E-state index contributed by atoms with van der Waals surface area (Å²) in [6, 6.07) is 14.7. The molecule has 0 spiro atoms. The van der Waals surface area contributed by atoms with Gasteiger partial charge in [0.1, 0.15) is 5.75 Å². The van der Waals surface area contributed by atoms with E-state index in [1.807, 2.05) is 42.5 Å². The van der Waals surface area contributed by atoms with Gasteiger partial charge in [-0.2, -0.15) is 8.78 Å². The average molecular weight is 415 g/mol. The van der Waals surface area contributed by atoms with E-state index in [0.29, 0.717) is 5.56 Å². The fourth-order valence-corrected chi connectivity index (χ4v) is 3.33. The number of rotatable bonds is 9. The summed E-state index contributed by atoms with van der Waals surface area (Å²) in [5.41, 5.74) is 1.48. The molecule has 0 saturated carbocycles. The van der Waals surface area contributed by atoms with Gasteiger partial charge in [-0.25, -0.2) is 0 Å². The summed E-state index contributed by atoms with van der Waals surface area (Å²) in [5, 5.41) is 2.84. The molecule has 0 radical (unpaired) electrons. The van der Waals surface area contributed by atoms with Crippen LogP contribution in [0.15, 0.2) is 66.7 Å². The van der Waals surface area contributed by atoms with Crippen molar-refractivity contribution in [3.05, 3.63) is 77.9 Å². The molecule has 0 aromatic heterocycles. The number of hydrogen-bond acceptors (Lipinski definition) is 4. The van der Waals surface area contributed by atoms with E-state index in [0.717, 1.165) is 18.4 Å². The molecule has 0 unspecified atom stereocenters. The Balaban J connectivity index is 1.63. The molecule has 2 aromatic rings. The molecule has 1 amide bonds. The molecule has 5 nitrogen and oxygen atoms in total. The molecular formula is C23H23F2NO4. The Bertz CT molecular complexity index is 869. The molecular weight excluding hydrogens is 392 g/mol. The highest BCUT2D eigenvalue weighted by molar-refractivity contribution is 5.81. The quantitative estimate of drug-likeness (QED) is 0.487. The maximum atomic E-state index is 12.4. The van der Waals surface area contributed by atoms with Crippen molar-refractivity contribution in [2.24, 2.45) is 5.92 Å². The van der Waals surface area contributed by atoms with Crippen LogP contribution in [-0.4, -0.2) is 25.1 Å². The molecule has 1 N–H and O–H groups in total. The van der Waals surface area contributed by atoms with E-state index < -0.39 is 24.5 Å². The highest BCUT2D eigenvalue weighted by Crippen LogP contribution is 2.25. The number of ether oxygens (including phenoxy) is 2. The lowest BCUT2D eigenvalue weighted by Crippen LogP contribution is -2.33. The first-order chi connectivity index (χ1) is 14.5. The van der Waals surface area contributed by atoms with Crippen molar-refractivity contribution < 1.29 is 27.8 Å². The molecule has 1 aliphatic rings. The van der Waals surface area contributed by atoms with Gasteiger partial charge in [-0.15, -0.1) is 0 Å². The molecule has 7 heteroatoms. The molecule has 1 aliphatic carbocycles. The minimum atomic E-state index is -2.91. The van der Waals surface area contributed by atoms with E-state index in [1.165, 1.54) is 12.1 Å². The van der Waals surface area contributed by atoms with Crippen LogP contribution in [0.4, 0.5) is 8.78 Å². The van der Waals surface area contributed by atoms with E-state index in [9.17, 15) is 18.4 Å². The zero-order valence-corrected chi connectivity index (χ0v) is 16.3. The SMILES string of the molecule is O=C(COC(=O)C[C@H]1C=CCC1)N[C@@H](c1ccccc1)c1ccc(OC(F)F)cc1. The van der Waals surface area contributed by atoms with Crippen LogP contribution >= 0.6 is 0 Å². The monoisotopic (exact) mass is 415 g/mol. The van der Waals surface area contributed by atoms with Crippen molar-refractivity contribution >= 4 is 11.9 Å². The lowest BCUT2D eigenvalue weighted by molar-refractivity contribution is -0.149. The summed E-state index contributed by atoms with van der Waals surface area (Å²) in [5.74, 6) is -0.660. The predicted molar refractivity (Wildman–Crippen MR) is 107 cm³/mol. The summed E-state index contributed by atoms with van der Waals surface area (Å²) >= 11 is 0. The standard InChI is InChI=1S/C23H23F2NO4/c24-23(25)30-19-12-10-18(11-13-19)22(17-8-2-1-3-9-17)26-20(27)15-29-21(28)14-16-6-4-5-7-16/h1-4,6,8-13,16,22-23H,5,7,14-15H2,(H,26,27)/t16-,22-/m0/s1. The Morgan fingerprint density at radius 1 is 1.03 bits per heavy atom. The minimum Gasteiger partial charge on any atom is -0.456 e. The van der Waals surface area contributed by atoms with E-state index in [4.69, 9.17) is 4.74 Å². The number of benzene rings is 2. The lowest BCUT2D eigenvalue weighted by atomic mass is 9.98. The third kappa shape index (κ3) is 6.40. The predicted octanol–water partition coefficient (Wildman–Crippen LogP) is 4.39. The normalized spacial score (nSPS) is 16.3. The van der Waals surface area contributed by atoms with Crippen LogP contribution in [0.25, 0.3) is 0 Å². The Morgan fingerprint density at radius 3 is 2.37 bits per heavy atom. The van der Waals surface area contributed by atoms with Gasteiger partial charge in [0.25, 0.3) is 5.91 Å². The first-order valence-corrected chi connectivity index (χ1v) is 9.72. The number of alkyl halides is 2. The van der Waals surface area contributed by atoms with Gasteiger partial charge < -0.3 is 14.8 Å². The van der Waals surface area contributed by atoms with Crippen molar-refractivity contribution in [1.29, 1.82) is 0 Å². The maximum absolute atomic E-state index is 12.4. The average Bonchev–Trinajstić information content (AvgIpc) is 3.24. The van der Waals surface area contributed by atoms with Crippen LogP contribution in [0, 0.1) is 5.92 Å². The smallest absolute Gasteiger partial charge is 0.387 e. The third-order valence-corrected chi connectivity index (χ3v) is 4.78. The summed E-state index contributed by atoms with van der Waals surface area (Å²) in [6.07, 6.45) is 6.17. The largest absolute Gasteiger partial charge is 0.456 e. The Labute approximate surface area is 173 Å². The lowest BCUT2D eigenvalue weighted by Gasteiger charge is -2.20. The van der Waals surface area contributed by atoms with Gasteiger partial charge in [-0.1, -0.05) is 54.6 Å². The van der Waals surface area contributed by atoms with Crippen molar-refractivity contribution in [3.8, 4) is 5.75 Å². The number of carbonyl (C=O) groups is 2. The summed E-state index contributed by atoms with van der Waals surface area (Å²) < 4.78 is 34.2. The molecule has 0 saturated heterocycles. The molecule has 0 heterocycles. The summed E-state index contributed by atoms with van der Waals surface area (Å²) in [4.78, 5) is 24.4. The number of halogens is 2. The Kier molecular flexibility index (Phi) is 7.54. The molecule has 0 fully saturated rings.